The molecule has 6 nitrogen and oxygen atoms in total. The van der Waals surface area contributed by atoms with Crippen LogP contribution in [0.5, 0.6) is 0 Å². The summed E-state index contributed by atoms with van der Waals surface area (Å²) in [6.07, 6.45) is 7.23. The van der Waals surface area contributed by atoms with Gasteiger partial charge in [-0.3, -0.25) is 9.69 Å². The van der Waals surface area contributed by atoms with Gasteiger partial charge in [0.15, 0.2) is 5.17 Å². The van der Waals surface area contributed by atoms with Crippen molar-refractivity contribution in [3.63, 3.8) is 0 Å². The van der Waals surface area contributed by atoms with Crippen molar-refractivity contribution in [1.29, 1.82) is 0 Å². The Kier molecular flexibility index (Phi) is 8.38. The molecule has 0 unspecified atom stereocenters. The van der Waals surface area contributed by atoms with Gasteiger partial charge >= 0.3 is 0 Å². The van der Waals surface area contributed by atoms with E-state index < -0.39 is 0 Å². The molecule has 41 heavy (non-hydrogen) atoms. The smallest absolute Gasteiger partial charge is 0.267 e. The first kappa shape index (κ1) is 28.2. The molecule has 3 heterocycles. The third kappa shape index (κ3) is 5.76. The minimum Gasteiger partial charge on any atom is -0.378 e. The number of hydrogen-bond donors (Lipinski definition) is 0. The van der Waals surface area contributed by atoms with Crippen LogP contribution in [-0.2, 0) is 9.53 Å². The number of thioether (sulfide) groups is 1. The van der Waals surface area contributed by atoms with E-state index in [2.05, 4.69) is 68.5 Å². The highest BCUT2D eigenvalue weighted by Crippen LogP contribution is 2.40. The summed E-state index contributed by atoms with van der Waals surface area (Å²) in [5.41, 5.74) is 5.61. The molecule has 9 heteroatoms. The lowest BCUT2D eigenvalue weighted by molar-refractivity contribution is -0.124. The Morgan fingerprint density at radius 2 is 1.80 bits per heavy atom. The molecule has 3 fully saturated rings. The zero-order valence-corrected chi connectivity index (χ0v) is 25.8. The van der Waals surface area contributed by atoms with E-state index in [1.165, 1.54) is 29.9 Å². The van der Waals surface area contributed by atoms with Gasteiger partial charge in [0.2, 0.25) is 0 Å². The zero-order valence-electron chi connectivity index (χ0n) is 23.4. The Labute approximate surface area is 253 Å². The number of aliphatic imine (C=N–C) groups is 1. The van der Waals surface area contributed by atoms with Gasteiger partial charge in [0.05, 0.1) is 23.8 Å². The Balaban J connectivity index is 1.33. The maximum Gasteiger partial charge on any atom is 0.267 e. The highest BCUT2D eigenvalue weighted by atomic mass is 79.9. The van der Waals surface area contributed by atoms with E-state index in [0.29, 0.717) is 10.1 Å². The minimum atomic E-state index is -0.386. The van der Waals surface area contributed by atoms with Crippen molar-refractivity contribution in [3.05, 3.63) is 80.7 Å². The number of carbonyl (C=O) groups is 1. The highest BCUT2D eigenvalue weighted by molar-refractivity contribution is 9.10. The van der Waals surface area contributed by atoms with Crippen LogP contribution < -0.4 is 4.90 Å². The molecule has 2 saturated heterocycles. The van der Waals surface area contributed by atoms with Gasteiger partial charge in [-0.05, 0) is 102 Å². The lowest BCUT2D eigenvalue weighted by atomic mass is 9.94. The molecule has 214 valence electrons. The number of aromatic nitrogens is 1. The quantitative estimate of drug-likeness (QED) is 0.269. The first-order valence-electron chi connectivity index (χ1n) is 14.3. The van der Waals surface area contributed by atoms with Crippen LogP contribution in [0.2, 0.25) is 0 Å². The lowest BCUT2D eigenvalue weighted by Gasteiger charge is -2.30. The van der Waals surface area contributed by atoms with Crippen molar-refractivity contribution in [3.8, 4) is 5.69 Å². The van der Waals surface area contributed by atoms with E-state index in [0.717, 1.165) is 79.1 Å². The van der Waals surface area contributed by atoms with Gasteiger partial charge in [-0.2, -0.15) is 0 Å². The number of benzene rings is 2. The number of carbonyl (C=O) groups excluding carboxylic acids is 1. The van der Waals surface area contributed by atoms with Gasteiger partial charge in [-0.25, -0.2) is 9.38 Å². The van der Waals surface area contributed by atoms with Gasteiger partial charge in [0.25, 0.3) is 5.91 Å². The van der Waals surface area contributed by atoms with Crippen LogP contribution in [0.4, 0.5) is 15.8 Å². The predicted molar refractivity (Wildman–Crippen MR) is 169 cm³/mol. The maximum absolute atomic E-state index is 14.5. The number of rotatable bonds is 5. The van der Waals surface area contributed by atoms with Crippen LogP contribution in [0.3, 0.4) is 0 Å². The van der Waals surface area contributed by atoms with E-state index in [-0.39, 0.29) is 23.5 Å². The Morgan fingerprint density at radius 3 is 2.54 bits per heavy atom. The fraction of sp³-hybridized carbons (Fsp3) is 0.375. The number of hydrogen-bond acceptors (Lipinski definition) is 5. The first-order valence-corrected chi connectivity index (χ1v) is 15.9. The van der Waals surface area contributed by atoms with E-state index in [1.807, 2.05) is 11.0 Å². The predicted octanol–water partition coefficient (Wildman–Crippen LogP) is 7.77. The summed E-state index contributed by atoms with van der Waals surface area (Å²) < 4.78 is 23.3. The molecular formula is C32H34BrFN4O2S. The Bertz CT molecular complexity index is 1520. The summed E-state index contributed by atoms with van der Waals surface area (Å²) in [5, 5.41) is 0.565. The van der Waals surface area contributed by atoms with E-state index in [1.54, 1.807) is 18.2 Å². The van der Waals surface area contributed by atoms with Crippen LogP contribution in [0.25, 0.3) is 11.8 Å². The second-order valence-corrected chi connectivity index (χ2v) is 12.7. The average Bonchev–Trinajstić information content (AvgIpc) is 3.44. The monoisotopic (exact) mass is 636 g/mol. The zero-order chi connectivity index (χ0) is 28.5. The van der Waals surface area contributed by atoms with Gasteiger partial charge in [-0.15, -0.1) is 0 Å². The number of anilines is 1. The topological polar surface area (TPSA) is 50.1 Å². The molecule has 0 radical (unpaired) electrons. The van der Waals surface area contributed by atoms with Crippen molar-refractivity contribution in [2.75, 3.05) is 31.2 Å². The molecule has 1 aliphatic carbocycles. The minimum absolute atomic E-state index is 0.0422. The fourth-order valence-corrected chi connectivity index (χ4v) is 7.70. The molecule has 0 spiro atoms. The largest absolute Gasteiger partial charge is 0.378 e. The molecule has 3 aliphatic rings. The molecule has 1 aromatic heterocycles. The molecule has 0 bridgehead atoms. The van der Waals surface area contributed by atoms with Gasteiger partial charge < -0.3 is 14.2 Å². The molecular weight excluding hydrogens is 603 g/mol. The van der Waals surface area contributed by atoms with Crippen LogP contribution in [0.15, 0.2) is 62.9 Å². The normalized spacial score (nSPS) is 20.5. The standard InChI is InChI=1S/C32H34BrFN4O2S/c1-21-18-23(22(2)37(21)25-12-13-29(26(33)20-25)36-14-16-40-17-15-36)19-30-31(39)38(24-8-4-3-5-9-24)32(41-30)35-28-11-7-6-10-27(28)34/h6-7,10-13,18-20,24H,3-5,8-9,14-17H2,1-2H3/b30-19-,35-32?. The maximum atomic E-state index is 14.5. The first-order chi connectivity index (χ1) is 19.9. The number of amidine groups is 1. The van der Waals surface area contributed by atoms with Crippen LogP contribution in [0, 0.1) is 19.7 Å². The highest BCUT2D eigenvalue weighted by Gasteiger charge is 2.39. The molecule has 2 aliphatic heterocycles. The summed E-state index contributed by atoms with van der Waals surface area (Å²) in [4.78, 5) is 23.3. The average molecular weight is 638 g/mol. The molecule has 1 amide bonds. The summed E-state index contributed by atoms with van der Waals surface area (Å²) in [6.45, 7) is 7.40. The molecule has 2 aromatic carbocycles. The lowest BCUT2D eigenvalue weighted by Crippen LogP contribution is -2.40. The molecule has 0 N–H and O–H groups in total. The van der Waals surface area contributed by atoms with Crippen molar-refractivity contribution < 1.29 is 13.9 Å². The second-order valence-electron chi connectivity index (χ2n) is 10.8. The summed E-state index contributed by atoms with van der Waals surface area (Å²) in [5.74, 6) is -0.428. The molecule has 1 saturated carbocycles. The van der Waals surface area contributed by atoms with E-state index in [9.17, 15) is 9.18 Å². The molecule has 3 aromatic rings. The number of halogens is 2. The summed E-state index contributed by atoms with van der Waals surface area (Å²) in [7, 11) is 0. The van der Waals surface area contributed by atoms with Crippen molar-refractivity contribution in [2.24, 2.45) is 4.99 Å². The van der Waals surface area contributed by atoms with Crippen LogP contribution >= 0.6 is 27.7 Å². The van der Waals surface area contributed by atoms with Crippen LogP contribution in [-0.4, -0.2) is 52.9 Å². The summed E-state index contributed by atoms with van der Waals surface area (Å²) >= 11 is 5.14. The van der Waals surface area contributed by atoms with E-state index in [4.69, 9.17) is 4.74 Å². The Morgan fingerprint density at radius 1 is 1.05 bits per heavy atom. The summed E-state index contributed by atoms with van der Waals surface area (Å²) in [6, 6.07) is 15.2. The van der Waals surface area contributed by atoms with Crippen molar-refractivity contribution in [1.82, 2.24) is 9.47 Å². The van der Waals surface area contributed by atoms with Crippen molar-refractivity contribution in [2.45, 2.75) is 52.0 Å². The SMILES string of the molecule is Cc1cc(/C=C2\SC(=Nc3ccccc3F)N(C3CCCCC3)C2=O)c(C)n1-c1ccc(N2CCOCC2)c(Br)c1. The van der Waals surface area contributed by atoms with Gasteiger partial charge in [0, 0.05) is 40.7 Å². The van der Waals surface area contributed by atoms with Crippen LogP contribution in [0.1, 0.15) is 49.1 Å². The number of aryl methyl sites for hydroxylation is 1. The van der Waals surface area contributed by atoms with Gasteiger partial charge in [0.1, 0.15) is 11.5 Å². The van der Waals surface area contributed by atoms with Gasteiger partial charge in [-0.1, -0.05) is 31.4 Å². The molecule has 0 atom stereocenters. The third-order valence-corrected chi connectivity index (χ3v) is 9.76. The second kappa shape index (κ2) is 12.2. The fourth-order valence-electron chi connectivity index (χ4n) is 6.04. The van der Waals surface area contributed by atoms with Crippen molar-refractivity contribution >= 4 is 56.2 Å². The Hall–Kier alpha value is -2.88. The number of morpholine rings is 1. The number of para-hydroxylation sites is 1. The van der Waals surface area contributed by atoms with E-state index >= 15 is 0 Å². The number of nitrogens with zero attached hydrogens (tertiary/aromatic N) is 4. The molecule has 6 rings (SSSR count). The number of amides is 1. The number of ether oxygens (including phenoxy) is 1. The third-order valence-electron chi connectivity index (χ3n) is 8.14.